The van der Waals surface area contributed by atoms with Gasteiger partial charge in [0.25, 0.3) is 5.69 Å². The number of hydrogen-bond acceptors (Lipinski definition) is 7. The molecule has 9 nitrogen and oxygen atoms in total. The number of halogens is 1. The van der Waals surface area contributed by atoms with Crippen LogP contribution in [0.1, 0.15) is 15.9 Å². The van der Waals surface area contributed by atoms with Crippen LogP contribution in [0.3, 0.4) is 0 Å². The molecule has 0 atom stereocenters. The zero-order valence-electron chi connectivity index (χ0n) is 13.2. The normalized spacial score (nSPS) is 10.5. The first-order valence-electron chi connectivity index (χ1n) is 6.97. The lowest BCUT2D eigenvalue weighted by molar-refractivity contribution is -0.400. The van der Waals surface area contributed by atoms with Gasteiger partial charge in [0, 0.05) is 18.2 Å². The molecule has 0 bridgehead atoms. The topological polar surface area (TPSA) is 122 Å². The van der Waals surface area contributed by atoms with E-state index in [4.69, 9.17) is 21.1 Å². The van der Waals surface area contributed by atoms with E-state index in [2.05, 4.69) is 0 Å². The molecular weight excluding hydrogens is 368 g/mol. The van der Waals surface area contributed by atoms with Crippen LogP contribution in [0.15, 0.2) is 42.6 Å². The molecule has 0 unspecified atom stereocenters. The second kappa shape index (κ2) is 8.08. The fraction of sp³-hybridized carbons (Fsp3) is 0.0625. The lowest BCUT2D eigenvalue weighted by Crippen LogP contribution is -2.10. The fourth-order valence-corrected chi connectivity index (χ4v) is 2.15. The van der Waals surface area contributed by atoms with E-state index in [1.807, 2.05) is 0 Å². The highest BCUT2D eigenvalue weighted by atomic mass is 35.5. The Morgan fingerprint density at radius 2 is 1.85 bits per heavy atom. The van der Waals surface area contributed by atoms with Gasteiger partial charge in [-0.25, -0.2) is 4.79 Å². The SMILES string of the molecule is COc1cc(/C=C/[N+](=O)[O-])ccc1OC(=O)c1cc([N+](=O)[O-])ccc1Cl. The molecule has 0 N–H and O–H groups in total. The second-order valence-corrected chi connectivity index (χ2v) is 5.23. The fourth-order valence-electron chi connectivity index (χ4n) is 1.96. The maximum Gasteiger partial charge on any atom is 0.345 e. The molecule has 134 valence electrons. The number of benzene rings is 2. The third-order valence-corrected chi connectivity index (χ3v) is 3.49. The monoisotopic (exact) mass is 378 g/mol. The van der Waals surface area contributed by atoms with Crippen LogP contribution < -0.4 is 9.47 Å². The summed E-state index contributed by atoms with van der Waals surface area (Å²) in [5.74, 6) is -0.741. The maximum absolute atomic E-state index is 12.3. The van der Waals surface area contributed by atoms with Gasteiger partial charge in [0.05, 0.1) is 27.5 Å². The average Bonchev–Trinajstić information content (AvgIpc) is 2.60. The lowest BCUT2D eigenvalue weighted by Gasteiger charge is -2.10. The van der Waals surface area contributed by atoms with E-state index in [1.165, 1.54) is 37.5 Å². The summed E-state index contributed by atoms with van der Waals surface area (Å²) in [5, 5.41) is 21.2. The van der Waals surface area contributed by atoms with Gasteiger partial charge < -0.3 is 9.47 Å². The van der Waals surface area contributed by atoms with Gasteiger partial charge in [0.1, 0.15) is 0 Å². The third-order valence-electron chi connectivity index (χ3n) is 3.16. The van der Waals surface area contributed by atoms with E-state index in [-0.39, 0.29) is 27.8 Å². The molecule has 0 amide bonds. The number of nitro benzene ring substituents is 1. The van der Waals surface area contributed by atoms with Gasteiger partial charge in [-0.1, -0.05) is 17.7 Å². The Labute approximate surface area is 151 Å². The summed E-state index contributed by atoms with van der Waals surface area (Å²) >= 11 is 5.90. The predicted molar refractivity (Wildman–Crippen MR) is 92.1 cm³/mol. The van der Waals surface area contributed by atoms with Crippen LogP contribution in [0.5, 0.6) is 11.5 Å². The molecule has 0 aliphatic carbocycles. The maximum atomic E-state index is 12.3. The van der Waals surface area contributed by atoms with Gasteiger partial charge in [0.2, 0.25) is 6.20 Å². The van der Waals surface area contributed by atoms with Crippen molar-refractivity contribution in [3.63, 3.8) is 0 Å². The van der Waals surface area contributed by atoms with E-state index in [1.54, 1.807) is 0 Å². The molecule has 0 spiro atoms. The first-order chi connectivity index (χ1) is 12.3. The van der Waals surface area contributed by atoms with Crippen LogP contribution in [-0.4, -0.2) is 22.9 Å². The number of carbonyl (C=O) groups excluding carboxylic acids is 1. The summed E-state index contributed by atoms with van der Waals surface area (Å²) in [7, 11) is 1.33. The van der Waals surface area contributed by atoms with E-state index in [0.29, 0.717) is 5.56 Å². The number of esters is 1. The van der Waals surface area contributed by atoms with Gasteiger partial charge in [-0.3, -0.25) is 20.2 Å². The lowest BCUT2D eigenvalue weighted by atomic mass is 10.2. The van der Waals surface area contributed by atoms with Crippen LogP contribution in [0.2, 0.25) is 5.02 Å². The quantitative estimate of drug-likeness (QED) is 0.325. The Balaban J connectivity index is 2.30. The first-order valence-corrected chi connectivity index (χ1v) is 7.35. The summed E-state index contributed by atoms with van der Waals surface area (Å²) in [4.78, 5) is 32.2. The smallest absolute Gasteiger partial charge is 0.345 e. The molecule has 2 aromatic rings. The largest absolute Gasteiger partial charge is 0.493 e. The van der Waals surface area contributed by atoms with Crippen LogP contribution in [0.4, 0.5) is 5.69 Å². The molecule has 2 aromatic carbocycles. The highest BCUT2D eigenvalue weighted by molar-refractivity contribution is 6.33. The van der Waals surface area contributed by atoms with Crippen molar-refractivity contribution in [3.8, 4) is 11.5 Å². The number of nitrogens with zero attached hydrogens (tertiary/aromatic N) is 2. The van der Waals surface area contributed by atoms with E-state index in [0.717, 1.165) is 18.3 Å². The number of methoxy groups -OCH3 is 1. The molecule has 10 heteroatoms. The molecule has 2 rings (SSSR count). The summed E-state index contributed by atoms with van der Waals surface area (Å²) in [5.41, 5.74) is -0.0412. The van der Waals surface area contributed by atoms with E-state index >= 15 is 0 Å². The van der Waals surface area contributed by atoms with Crippen LogP contribution in [0.25, 0.3) is 6.08 Å². The Morgan fingerprint density at radius 3 is 2.46 bits per heavy atom. The van der Waals surface area contributed by atoms with Crippen LogP contribution in [0, 0.1) is 20.2 Å². The van der Waals surface area contributed by atoms with Crippen molar-refractivity contribution in [2.24, 2.45) is 0 Å². The Bertz CT molecular complexity index is 911. The number of carbonyl (C=O) groups is 1. The average molecular weight is 379 g/mol. The highest BCUT2D eigenvalue weighted by Crippen LogP contribution is 2.30. The van der Waals surface area contributed by atoms with Crippen molar-refractivity contribution in [1.82, 2.24) is 0 Å². The Kier molecular flexibility index (Phi) is 5.86. The standard InChI is InChI=1S/C16H11ClN2O7/c1-25-15-8-10(6-7-18(21)22)2-5-14(15)26-16(20)12-9-11(19(23)24)3-4-13(12)17/h2-9H,1H3/b7-6+. The molecule has 0 saturated carbocycles. The van der Waals surface area contributed by atoms with Crippen molar-refractivity contribution in [2.45, 2.75) is 0 Å². The van der Waals surface area contributed by atoms with Crippen molar-refractivity contribution in [2.75, 3.05) is 7.11 Å². The Hall–Kier alpha value is -3.46. The molecule has 0 aliphatic heterocycles. The molecule has 0 radical (unpaired) electrons. The molecular formula is C16H11ClN2O7. The number of ether oxygens (including phenoxy) is 2. The second-order valence-electron chi connectivity index (χ2n) is 4.82. The minimum atomic E-state index is -0.911. The zero-order chi connectivity index (χ0) is 19.3. The predicted octanol–water partition coefficient (Wildman–Crippen LogP) is 3.72. The van der Waals surface area contributed by atoms with E-state index in [9.17, 15) is 25.0 Å². The summed E-state index contributed by atoms with van der Waals surface area (Å²) < 4.78 is 10.3. The molecule has 0 aliphatic rings. The zero-order valence-corrected chi connectivity index (χ0v) is 14.0. The summed E-state index contributed by atoms with van der Waals surface area (Å²) in [6.45, 7) is 0. The van der Waals surface area contributed by atoms with Crippen molar-refractivity contribution in [3.05, 3.63) is 79.0 Å². The molecule has 0 saturated heterocycles. The first kappa shape index (κ1) is 18.9. The van der Waals surface area contributed by atoms with Crippen LogP contribution >= 0.6 is 11.6 Å². The molecule has 0 fully saturated rings. The van der Waals surface area contributed by atoms with Gasteiger partial charge in [0.15, 0.2) is 11.5 Å². The minimum absolute atomic E-state index is 0.00916. The van der Waals surface area contributed by atoms with Crippen LogP contribution in [-0.2, 0) is 0 Å². The summed E-state index contributed by atoms with van der Waals surface area (Å²) in [6, 6.07) is 7.67. The van der Waals surface area contributed by atoms with Crippen molar-refractivity contribution < 1.29 is 24.1 Å². The number of hydrogen-bond donors (Lipinski definition) is 0. The Morgan fingerprint density at radius 1 is 1.12 bits per heavy atom. The molecule has 0 heterocycles. The van der Waals surface area contributed by atoms with Gasteiger partial charge in [-0.15, -0.1) is 0 Å². The number of nitro groups is 2. The highest BCUT2D eigenvalue weighted by Gasteiger charge is 2.19. The minimum Gasteiger partial charge on any atom is -0.493 e. The van der Waals surface area contributed by atoms with Gasteiger partial charge >= 0.3 is 5.97 Å². The summed E-state index contributed by atoms with van der Waals surface area (Å²) in [6.07, 6.45) is 1.99. The van der Waals surface area contributed by atoms with Crippen molar-refractivity contribution in [1.29, 1.82) is 0 Å². The number of rotatable bonds is 6. The molecule has 0 aromatic heterocycles. The van der Waals surface area contributed by atoms with Gasteiger partial charge in [-0.05, 0) is 23.8 Å². The van der Waals surface area contributed by atoms with E-state index < -0.39 is 15.8 Å². The number of non-ortho nitro benzene ring substituents is 1. The van der Waals surface area contributed by atoms with Crippen molar-refractivity contribution >= 4 is 29.3 Å². The van der Waals surface area contributed by atoms with Gasteiger partial charge in [-0.2, -0.15) is 0 Å². The third kappa shape index (κ3) is 4.54. The molecule has 26 heavy (non-hydrogen) atoms.